The molecule has 5 nitrogen and oxygen atoms in total. The highest BCUT2D eigenvalue weighted by Crippen LogP contribution is 2.32. The van der Waals surface area contributed by atoms with Crippen LogP contribution in [0.15, 0.2) is 47.4 Å². The van der Waals surface area contributed by atoms with E-state index in [9.17, 15) is 13.2 Å². The fourth-order valence-corrected chi connectivity index (χ4v) is 6.27. The Morgan fingerprint density at radius 2 is 1.66 bits per heavy atom. The number of halogens is 1. The molecule has 29 heavy (non-hydrogen) atoms. The first-order valence-corrected chi connectivity index (χ1v) is 11.5. The number of nitrogens with two attached hydrogens (primary N) is 1. The Bertz CT molecular complexity index is 984. The lowest BCUT2D eigenvalue weighted by molar-refractivity contribution is 0.0932. The van der Waals surface area contributed by atoms with Crippen molar-refractivity contribution in [3.8, 4) is 0 Å². The van der Waals surface area contributed by atoms with Crippen molar-refractivity contribution in [3.05, 3.63) is 59.2 Å². The number of nitrogen functional groups attached to an aromatic ring is 1. The monoisotopic (exact) mass is 434 g/mol. The summed E-state index contributed by atoms with van der Waals surface area (Å²) in [5.41, 5.74) is 9.41. The Balaban J connectivity index is 0.00000240. The summed E-state index contributed by atoms with van der Waals surface area (Å²) in [4.78, 5) is 13.0. The standard InChI is InChI=1S/C22H26N2O3S.ClH/c23-17-10-13-20-16(14-17)4-3-7-21(20)24-22(25)15-8-11-19(12-9-15)28(26,27)18-5-1-2-6-18;/h8-14,18,21H,1-7,23H2,(H,24,25);1H. The van der Waals surface area contributed by atoms with Crippen molar-refractivity contribution in [3.63, 3.8) is 0 Å². The second-order valence-corrected chi connectivity index (χ2v) is 10.1. The minimum atomic E-state index is -3.30. The van der Waals surface area contributed by atoms with E-state index in [2.05, 4.69) is 5.32 Å². The Hall–Kier alpha value is -2.05. The molecule has 0 spiro atoms. The summed E-state index contributed by atoms with van der Waals surface area (Å²) in [5, 5.41) is 2.82. The maximum atomic E-state index is 12.7. The fourth-order valence-electron chi connectivity index (χ4n) is 4.41. The van der Waals surface area contributed by atoms with Gasteiger partial charge < -0.3 is 11.1 Å². The number of hydrogen-bond acceptors (Lipinski definition) is 4. The van der Waals surface area contributed by atoms with Gasteiger partial charge >= 0.3 is 0 Å². The number of anilines is 1. The molecule has 3 N–H and O–H groups in total. The largest absolute Gasteiger partial charge is 0.399 e. The smallest absolute Gasteiger partial charge is 0.251 e. The summed E-state index contributed by atoms with van der Waals surface area (Å²) >= 11 is 0. The average Bonchev–Trinajstić information content (AvgIpc) is 3.24. The number of rotatable bonds is 4. The quantitative estimate of drug-likeness (QED) is 0.705. The minimum absolute atomic E-state index is 0. The lowest BCUT2D eigenvalue weighted by Gasteiger charge is -2.26. The number of fused-ring (bicyclic) bond motifs is 1. The minimum Gasteiger partial charge on any atom is -0.399 e. The van der Waals surface area contributed by atoms with Crippen LogP contribution in [0, 0.1) is 0 Å². The normalized spacial score (nSPS) is 19.2. The Morgan fingerprint density at radius 1 is 0.966 bits per heavy atom. The van der Waals surface area contributed by atoms with Crippen LogP contribution in [-0.2, 0) is 16.3 Å². The van der Waals surface area contributed by atoms with Crippen molar-refractivity contribution in [2.75, 3.05) is 5.73 Å². The summed E-state index contributed by atoms with van der Waals surface area (Å²) in [6.45, 7) is 0. The topological polar surface area (TPSA) is 89.3 Å². The molecule has 1 fully saturated rings. The van der Waals surface area contributed by atoms with Gasteiger partial charge in [0, 0.05) is 11.3 Å². The van der Waals surface area contributed by atoms with E-state index in [-0.39, 0.29) is 29.6 Å². The van der Waals surface area contributed by atoms with Crippen molar-refractivity contribution in [1.82, 2.24) is 5.32 Å². The molecular weight excluding hydrogens is 408 g/mol. The number of carbonyl (C=O) groups excluding carboxylic acids is 1. The lowest BCUT2D eigenvalue weighted by Crippen LogP contribution is -2.31. The van der Waals surface area contributed by atoms with E-state index in [1.807, 2.05) is 18.2 Å². The maximum absolute atomic E-state index is 12.7. The molecule has 0 heterocycles. The fraction of sp³-hybridized carbons (Fsp3) is 0.409. The van der Waals surface area contributed by atoms with Gasteiger partial charge in [-0.2, -0.15) is 0 Å². The van der Waals surface area contributed by atoms with E-state index in [0.717, 1.165) is 56.2 Å². The van der Waals surface area contributed by atoms with E-state index >= 15 is 0 Å². The average molecular weight is 435 g/mol. The van der Waals surface area contributed by atoms with Crippen molar-refractivity contribution >= 4 is 33.8 Å². The highest BCUT2D eigenvalue weighted by molar-refractivity contribution is 7.92. The van der Waals surface area contributed by atoms with Gasteiger partial charge in [-0.1, -0.05) is 18.9 Å². The molecule has 156 valence electrons. The second-order valence-electron chi connectivity index (χ2n) is 7.85. The van der Waals surface area contributed by atoms with Gasteiger partial charge in [-0.05, 0) is 79.6 Å². The number of nitrogens with one attached hydrogen (secondary N) is 1. The molecule has 1 atom stereocenters. The molecule has 1 unspecified atom stereocenters. The molecule has 1 amide bonds. The highest BCUT2D eigenvalue weighted by Gasteiger charge is 2.30. The van der Waals surface area contributed by atoms with E-state index in [0.29, 0.717) is 10.5 Å². The molecule has 2 aromatic carbocycles. The van der Waals surface area contributed by atoms with Crippen molar-refractivity contribution < 1.29 is 13.2 Å². The van der Waals surface area contributed by atoms with Gasteiger partial charge in [0.1, 0.15) is 0 Å². The summed E-state index contributed by atoms with van der Waals surface area (Å²) in [5.74, 6) is -0.181. The van der Waals surface area contributed by atoms with Crippen LogP contribution in [0.4, 0.5) is 5.69 Å². The molecular formula is C22H27ClN2O3S. The molecule has 0 aromatic heterocycles. The van der Waals surface area contributed by atoms with Crippen molar-refractivity contribution in [1.29, 1.82) is 0 Å². The molecule has 2 aromatic rings. The van der Waals surface area contributed by atoms with Gasteiger partial charge in [0.15, 0.2) is 9.84 Å². The van der Waals surface area contributed by atoms with E-state index in [1.54, 1.807) is 24.3 Å². The zero-order valence-electron chi connectivity index (χ0n) is 16.3. The molecule has 7 heteroatoms. The number of carbonyl (C=O) groups is 1. The molecule has 0 saturated heterocycles. The first-order chi connectivity index (χ1) is 13.4. The van der Waals surface area contributed by atoms with Crippen LogP contribution >= 0.6 is 12.4 Å². The number of amides is 1. The second kappa shape index (κ2) is 8.76. The zero-order chi connectivity index (χ0) is 19.7. The summed E-state index contributed by atoms with van der Waals surface area (Å²) < 4.78 is 25.4. The Kier molecular flexibility index (Phi) is 6.54. The predicted octanol–water partition coefficient (Wildman–Crippen LogP) is 4.21. The lowest BCUT2D eigenvalue weighted by atomic mass is 9.87. The third-order valence-corrected chi connectivity index (χ3v) is 8.25. The zero-order valence-corrected chi connectivity index (χ0v) is 17.9. The summed E-state index contributed by atoms with van der Waals surface area (Å²) in [7, 11) is -3.30. The van der Waals surface area contributed by atoms with Gasteiger partial charge in [-0.25, -0.2) is 8.42 Å². The Morgan fingerprint density at radius 3 is 2.34 bits per heavy atom. The highest BCUT2D eigenvalue weighted by atomic mass is 35.5. The van der Waals surface area contributed by atoms with Crippen LogP contribution in [0.5, 0.6) is 0 Å². The first kappa shape index (κ1) is 21.7. The molecule has 0 bridgehead atoms. The van der Waals surface area contributed by atoms with Crippen molar-refractivity contribution in [2.24, 2.45) is 0 Å². The molecule has 1 saturated carbocycles. The number of aryl methyl sites for hydroxylation is 1. The number of benzene rings is 2. The van der Waals surface area contributed by atoms with Gasteiger partial charge in [-0.3, -0.25) is 4.79 Å². The molecule has 2 aliphatic rings. The third-order valence-electron chi connectivity index (χ3n) is 5.97. The van der Waals surface area contributed by atoms with Crippen LogP contribution in [0.1, 0.15) is 66.1 Å². The third kappa shape index (κ3) is 4.43. The van der Waals surface area contributed by atoms with Crippen LogP contribution in [-0.4, -0.2) is 19.6 Å². The van der Waals surface area contributed by atoms with E-state index in [1.165, 1.54) is 5.56 Å². The van der Waals surface area contributed by atoms with Gasteiger partial charge in [-0.15, -0.1) is 12.4 Å². The summed E-state index contributed by atoms with van der Waals surface area (Å²) in [6.07, 6.45) is 6.27. The molecule has 2 aliphatic carbocycles. The molecule has 4 rings (SSSR count). The van der Waals surface area contributed by atoms with Crippen LogP contribution < -0.4 is 11.1 Å². The Labute approximate surface area is 178 Å². The SMILES string of the molecule is Cl.Nc1ccc2c(c1)CCCC2NC(=O)c1ccc(S(=O)(=O)C2CCCC2)cc1. The predicted molar refractivity (Wildman–Crippen MR) is 117 cm³/mol. The first-order valence-electron chi connectivity index (χ1n) is 9.98. The van der Waals surface area contributed by atoms with Crippen molar-refractivity contribution in [2.45, 2.75) is 61.1 Å². The number of sulfone groups is 1. The van der Waals surface area contributed by atoms with Crippen LogP contribution in [0.2, 0.25) is 0 Å². The van der Waals surface area contributed by atoms with E-state index in [4.69, 9.17) is 5.73 Å². The van der Waals surface area contributed by atoms with Gasteiger partial charge in [0.25, 0.3) is 5.91 Å². The maximum Gasteiger partial charge on any atom is 0.251 e. The van der Waals surface area contributed by atoms with Crippen LogP contribution in [0.3, 0.4) is 0 Å². The van der Waals surface area contributed by atoms with Gasteiger partial charge in [0.2, 0.25) is 0 Å². The summed E-state index contributed by atoms with van der Waals surface area (Å²) in [6, 6.07) is 12.2. The molecule has 0 aliphatic heterocycles. The van der Waals surface area contributed by atoms with Crippen LogP contribution in [0.25, 0.3) is 0 Å². The van der Waals surface area contributed by atoms with E-state index < -0.39 is 9.84 Å². The number of hydrogen-bond donors (Lipinski definition) is 2. The van der Waals surface area contributed by atoms with Gasteiger partial charge in [0.05, 0.1) is 16.2 Å². The molecule has 0 radical (unpaired) electrons.